The number of hydrogen-bond donors (Lipinski definition) is 0. The van der Waals surface area contributed by atoms with Crippen LogP contribution in [0.5, 0.6) is 0 Å². The van der Waals surface area contributed by atoms with Crippen LogP contribution in [0.2, 0.25) is 0 Å². The summed E-state index contributed by atoms with van der Waals surface area (Å²) in [4.78, 5) is 5.47. The molecule has 0 amide bonds. The second-order valence-corrected chi connectivity index (χ2v) is 12.0. The van der Waals surface area contributed by atoms with Gasteiger partial charge in [-0.3, -0.25) is 0 Å². The predicted octanol–water partition coefficient (Wildman–Crippen LogP) is 2.96. The summed E-state index contributed by atoms with van der Waals surface area (Å²) >= 11 is 2.43. The zero-order chi connectivity index (χ0) is 12.5. The van der Waals surface area contributed by atoms with Crippen molar-refractivity contribution in [2.75, 3.05) is 39.3 Å². The standard InChI is InChI=1S/C14H22N2S3/c1-5-15-6-2-11(1)13(9-15)17-14(19-18-13)10-16-7-3-12(14)4-8-16/h11-12H,1-10H2/t13-,14-/m1/s1. The zero-order valence-electron chi connectivity index (χ0n) is 11.3. The van der Waals surface area contributed by atoms with Gasteiger partial charge >= 0.3 is 0 Å². The Labute approximate surface area is 128 Å². The van der Waals surface area contributed by atoms with E-state index in [2.05, 4.69) is 43.1 Å². The third-order valence-corrected chi connectivity index (χ3v) is 12.8. The lowest BCUT2D eigenvalue weighted by molar-refractivity contribution is 0.0973. The van der Waals surface area contributed by atoms with E-state index in [1.807, 2.05) is 0 Å². The van der Waals surface area contributed by atoms with Crippen molar-refractivity contribution in [2.45, 2.75) is 33.8 Å². The van der Waals surface area contributed by atoms with Gasteiger partial charge in [0, 0.05) is 13.1 Å². The van der Waals surface area contributed by atoms with E-state index in [-0.39, 0.29) is 0 Å². The molecule has 4 bridgehead atoms. The minimum Gasteiger partial charge on any atom is -0.301 e. The van der Waals surface area contributed by atoms with Gasteiger partial charge in [-0.1, -0.05) is 21.6 Å². The van der Waals surface area contributed by atoms with E-state index in [4.69, 9.17) is 0 Å². The molecule has 7 rings (SSSR count). The third-order valence-electron chi connectivity index (χ3n) is 5.98. The molecule has 19 heavy (non-hydrogen) atoms. The predicted molar refractivity (Wildman–Crippen MR) is 86.6 cm³/mol. The van der Waals surface area contributed by atoms with E-state index in [1.54, 1.807) is 0 Å². The van der Waals surface area contributed by atoms with Crippen molar-refractivity contribution >= 4 is 33.3 Å². The van der Waals surface area contributed by atoms with Crippen LogP contribution in [0, 0.1) is 11.8 Å². The van der Waals surface area contributed by atoms with Crippen LogP contribution in [0.4, 0.5) is 0 Å². The van der Waals surface area contributed by atoms with Gasteiger partial charge < -0.3 is 9.80 Å². The molecular weight excluding hydrogens is 292 g/mol. The molecule has 0 unspecified atom stereocenters. The van der Waals surface area contributed by atoms with Crippen molar-refractivity contribution < 1.29 is 0 Å². The van der Waals surface area contributed by atoms with Gasteiger partial charge in [0.2, 0.25) is 0 Å². The van der Waals surface area contributed by atoms with E-state index in [0.717, 1.165) is 11.8 Å². The first-order valence-corrected chi connectivity index (χ1v) is 10.8. The van der Waals surface area contributed by atoms with Crippen LogP contribution in [0.3, 0.4) is 0 Å². The molecule has 7 fully saturated rings. The molecule has 7 aliphatic heterocycles. The van der Waals surface area contributed by atoms with Gasteiger partial charge in [0.05, 0.1) is 8.16 Å². The highest BCUT2D eigenvalue weighted by Gasteiger charge is 2.62. The third kappa shape index (κ3) is 1.74. The molecule has 0 aromatic carbocycles. The van der Waals surface area contributed by atoms with Crippen molar-refractivity contribution in [1.82, 2.24) is 9.80 Å². The first-order valence-electron chi connectivity index (χ1n) is 7.80. The molecule has 5 heteroatoms. The van der Waals surface area contributed by atoms with Crippen LogP contribution in [-0.2, 0) is 0 Å². The second kappa shape index (κ2) is 4.25. The summed E-state index contributed by atoms with van der Waals surface area (Å²) in [5, 5.41) is 0. The second-order valence-electron chi connectivity index (χ2n) is 6.99. The monoisotopic (exact) mass is 314 g/mol. The van der Waals surface area contributed by atoms with Crippen LogP contribution in [0.15, 0.2) is 0 Å². The molecule has 7 aliphatic rings. The molecule has 0 aromatic heterocycles. The summed E-state index contributed by atoms with van der Waals surface area (Å²) in [6, 6.07) is 0. The average Bonchev–Trinajstić information content (AvgIpc) is 2.80. The zero-order valence-corrected chi connectivity index (χ0v) is 13.8. The lowest BCUT2D eigenvalue weighted by atomic mass is 9.87. The largest absolute Gasteiger partial charge is 0.301 e. The van der Waals surface area contributed by atoms with E-state index in [1.165, 1.54) is 65.0 Å². The first-order chi connectivity index (χ1) is 9.28. The molecule has 0 radical (unpaired) electrons. The molecular formula is C14H22N2S3. The van der Waals surface area contributed by atoms with Gasteiger partial charge in [-0.25, -0.2) is 0 Å². The van der Waals surface area contributed by atoms with Gasteiger partial charge in [0.15, 0.2) is 0 Å². The quantitative estimate of drug-likeness (QED) is 0.632. The van der Waals surface area contributed by atoms with Crippen molar-refractivity contribution in [3.63, 3.8) is 0 Å². The van der Waals surface area contributed by atoms with Crippen molar-refractivity contribution in [3.05, 3.63) is 0 Å². The Balaban J connectivity index is 1.44. The van der Waals surface area contributed by atoms with E-state index in [9.17, 15) is 0 Å². The molecule has 2 nitrogen and oxygen atoms in total. The maximum Gasteiger partial charge on any atom is 0.0884 e. The van der Waals surface area contributed by atoms with E-state index >= 15 is 0 Å². The number of nitrogens with zero attached hydrogens (tertiary/aromatic N) is 2. The van der Waals surface area contributed by atoms with Gasteiger partial charge in [-0.15, -0.1) is 11.8 Å². The smallest absolute Gasteiger partial charge is 0.0884 e. The Kier molecular flexibility index (Phi) is 2.80. The Hall–Kier alpha value is 0.970. The maximum absolute atomic E-state index is 2.74. The fourth-order valence-corrected chi connectivity index (χ4v) is 12.7. The molecule has 0 saturated carbocycles. The van der Waals surface area contributed by atoms with E-state index < -0.39 is 0 Å². The fraction of sp³-hybridized carbons (Fsp3) is 1.00. The molecule has 0 aromatic rings. The van der Waals surface area contributed by atoms with E-state index in [0.29, 0.717) is 8.16 Å². The molecule has 2 atom stereocenters. The van der Waals surface area contributed by atoms with Gasteiger partial charge in [-0.2, -0.15) is 0 Å². The average molecular weight is 315 g/mol. The van der Waals surface area contributed by atoms with Gasteiger partial charge in [0.25, 0.3) is 0 Å². The number of rotatable bonds is 0. The Morgan fingerprint density at radius 3 is 1.42 bits per heavy atom. The Morgan fingerprint density at radius 1 is 0.684 bits per heavy atom. The summed E-state index contributed by atoms with van der Waals surface area (Å²) in [5.41, 5.74) is 0. The number of fused-ring (bicyclic) bond motifs is 4. The SMILES string of the molecule is C1CN2CCC1[C@@]1(C2)SS[C@@]2(CN3CCC2CC3)S1. The summed E-state index contributed by atoms with van der Waals surface area (Å²) in [7, 11) is 4.57. The van der Waals surface area contributed by atoms with Crippen LogP contribution in [0.1, 0.15) is 25.7 Å². The highest BCUT2D eigenvalue weighted by atomic mass is 33.1. The summed E-state index contributed by atoms with van der Waals surface area (Å²) in [6.45, 7) is 8.24. The molecule has 2 spiro atoms. The van der Waals surface area contributed by atoms with Crippen LogP contribution in [0.25, 0.3) is 0 Å². The lowest BCUT2D eigenvalue weighted by Gasteiger charge is -2.53. The van der Waals surface area contributed by atoms with Crippen LogP contribution < -0.4 is 0 Å². The minimum absolute atomic E-state index is 0.555. The van der Waals surface area contributed by atoms with Crippen molar-refractivity contribution in [1.29, 1.82) is 0 Å². The summed E-state index contributed by atoms with van der Waals surface area (Å²) in [5.74, 6) is 1.99. The van der Waals surface area contributed by atoms with Crippen LogP contribution in [-0.4, -0.2) is 57.2 Å². The molecule has 7 heterocycles. The van der Waals surface area contributed by atoms with Gasteiger partial charge in [-0.05, 0) is 63.7 Å². The Morgan fingerprint density at radius 2 is 1.11 bits per heavy atom. The summed E-state index contributed by atoms with van der Waals surface area (Å²) < 4.78 is 1.11. The summed E-state index contributed by atoms with van der Waals surface area (Å²) in [6.07, 6.45) is 5.85. The van der Waals surface area contributed by atoms with Crippen molar-refractivity contribution in [3.8, 4) is 0 Å². The highest BCUT2D eigenvalue weighted by molar-refractivity contribution is 8.83. The Bertz CT molecular complexity index is 354. The first kappa shape index (κ1) is 12.5. The fourth-order valence-electron chi connectivity index (χ4n) is 4.83. The number of hydrogen-bond acceptors (Lipinski definition) is 5. The van der Waals surface area contributed by atoms with Crippen LogP contribution >= 0.6 is 33.3 Å². The minimum atomic E-state index is 0.555. The molecule has 106 valence electrons. The number of thioether (sulfide) groups is 1. The van der Waals surface area contributed by atoms with Crippen molar-refractivity contribution in [2.24, 2.45) is 11.8 Å². The molecule has 0 N–H and O–H groups in total. The number of piperidine rings is 6. The lowest BCUT2D eigenvalue weighted by Crippen LogP contribution is -2.58. The maximum atomic E-state index is 2.74. The molecule has 7 saturated heterocycles. The topological polar surface area (TPSA) is 6.48 Å². The molecule has 0 aliphatic carbocycles. The highest BCUT2D eigenvalue weighted by Crippen LogP contribution is 2.73. The van der Waals surface area contributed by atoms with Gasteiger partial charge in [0.1, 0.15) is 0 Å². The normalized spacial score (nSPS) is 59.4.